The van der Waals surface area contributed by atoms with E-state index in [1.807, 2.05) is 19.1 Å². The number of nitrogens with zero attached hydrogens (tertiary/aromatic N) is 1. The van der Waals surface area contributed by atoms with Crippen LogP contribution in [0.4, 0.5) is 4.39 Å². The molecule has 0 bridgehead atoms. The summed E-state index contributed by atoms with van der Waals surface area (Å²) in [4.78, 5) is 4.23. The van der Waals surface area contributed by atoms with Gasteiger partial charge < -0.3 is 20.1 Å². The maximum atomic E-state index is 13.2. The Bertz CT molecular complexity index is 744. The van der Waals surface area contributed by atoms with E-state index < -0.39 is 0 Å². The highest BCUT2D eigenvalue weighted by Crippen LogP contribution is 2.07. The summed E-state index contributed by atoms with van der Waals surface area (Å²) in [5, 5.41) is 6.55. The molecule has 5 nitrogen and oxygen atoms in total. The third kappa shape index (κ3) is 10.6. The van der Waals surface area contributed by atoms with Crippen molar-refractivity contribution in [1.82, 2.24) is 10.6 Å². The molecular weight excluding hydrogens is 484 g/mol. The molecule has 29 heavy (non-hydrogen) atoms. The second-order valence-electron chi connectivity index (χ2n) is 6.30. The zero-order valence-corrected chi connectivity index (χ0v) is 19.4. The zero-order valence-electron chi connectivity index (χ0n) is 17.1. The van der Waals surface area contributed by atoms with Gasteiger partial charge in [0.1, 0.15) is 5.82 Å². The lowest BCUT2D eigenvalue weighted by Crippen LogP contribution is -2.37. The lowest BCUT2D eigenvalue weighted by atomic mass is 10.1. The fourth-order valence-electron chi connectivity index (χ4n) is 2.71. The quantitative estimate of drug-likeness (QED) is 0.206. The van der Waals surface area contributed by atoms with Gasteiger partial charge in [-0.05, 0) is 42.2 Å². The van der Waals surface area contributed by atoms with Crippen molar-refractivity contribution in [2.24, 2.45) is 4.99 Å². The van der Waals surface area contributed by atoms with Gasteiger partial charge in [0.05, 0.1) is 19.8 Å². The van der Waals surface area contributed by atoms with Gasteiger partial charge in [-0.15, -0.1) is 24.0 Å². The Morgan fingerprint density at radius 2 is 1.69 bits per heavy atom. The average molecular weight is 515 g/mol. The van der Waals surface area contributed by atoms with Crippen molar-refractivity contribution in [2.45, 2.75) is 26.5 Å². The Labute approximate surface area is 190 Å². The topological polar surface area (TPSA) is 54.9 Å². The first-order valence-corrected chi connectivity index (χ1v) is 9.63. The van der Waals surface area contributed by atoms with Crippen LogP contribution in [0.3, 0.4) is 0 Å². The summed E-state index contributed by atoms with van der Waals surface area (Å²) in [7, 11) is 1.74. The predicted molar refractivity (Wildman–Crippen MR) is 126 cm³/mol. The fraction of sp³-hybridized carbons (Fsp3) is 0.409. The molecule has 0 unspecified atom stereocenters. The Morgan fingerprint density at radius 1 is 0.966 bits per heavy atom. The van der Waals surface area contributed by atoms with Crippen LogP contribution in [-0.4, -0.2) is 39.4 Å². The maximum absolute atomic E-state index is 13.2. The van der Waals surface area contributed by atoms with Crippen LogP contribution in [0.1, 0.15) is 23.6 Å². The molecule has 0 heterocycles. The van der Waals surface area contributed by atoms with Gasteiger partial charge >= 0.3 is 0 Å². The Morgan fingerprint density at radius 3 is 2.45 bits per heavy atom. The molecule has 0 aliphatic heterocycles. The fourth-order valence-corrected chi connectivity index (χ4v) is 2.71. The van der Waals surface area contributed by atoms with E-state index in [2.05, 4.69) is 33.8 Å². The number of rotatable bonds is 11. The summed E-state index contributed by atoms with van der Waals surface area (Å²) in [5.41, 5.74) is 3.24. The van der Waals surface area contributed by atoms with Gasteiger partial charge in [-0.1, -0.05) is 36.4 Å². The van der Waals surface area contributed by atoms with E-state index in [1.165, 1.54) is 6.07 Å². The van der Waals surface area contributed by atoms with Crippen molar-refractivity contribution in [3.63, 3.8) is 0 Å². The molecule has 0 aromatic heterocycles. The third-order valence-electron chi connectivity index (χ3n) is 4.11. The lowest BCUT2D eigenvalue weighted by molar-refractivity contribution is 0.0453. The molecule has 2 N–H and O–H groups in total. The maximum Gasteiger partial charge on any atom is 0.191 e. The smallest absolute Gasteiger partial charge is 0.191 e. The summed E-state index contributed by atoms with van der Waals surface area (Å²) >= 11 is 0. The molecule has 160 valence electrons. The van der Waals surface area contributed by atoms with Crippen LogP contribution in [0.5, 0.6) is 0 Å². The number of ether oxygens (including phenoxy) is 2. The first-order valence-electron chi connectivity index (χ1n) is 9.63. The van der Waals surface area contributed by atoms with Crippen molar-refractivity contribution in [1.29, 1.82) is 0 Å². The molecule has 0 radical (unpaired) electrons. The van der Waals surface area contributed by atoms with Crippen molar-refractivity contribution < 1.29 is 13.9 Å². The number of benzene rings is 2. The molecule has 0 atom stereocenters. The molecule has 0 aliphatic rings. The number of hydrogen-bond acceptors (Lipinski definition) is 3. The standard InChI is InChI=1S/C22H30FN3O2.HI/c1-3-27-12-13-28-17-20-8-4-7-19(14-20)16-26-22(24-2)25-11-10-18-6-5-9-21(23)15-18;/h4-9,14-15H,3,10-13,16-17H2,1-2H3,(H2,24,25,26);1H. The van der Waals surface area contributed by atoms with Crippen LogP contribution < -0.4 is 10.6 Å². The van der Waals surface area contributed by atoms with Crippen molar-refractivity contribution >= 4 is 29.9 Å². The SMILES string of the molecule is CCOCCOCc1cccc(CNC(=NC)NCCc2cccc(F)c2)c1.I. The molecule has 7 heteroatoms. The normalized spacial score (nSPS) is 11.1. The van der Waals surface area contributed by atoms with Crippen molar-refractivity contribution in [3.8, 4) is 0 Å². The number of halogens is 2. The summed E-state index contributed by atoms with van der Waals surface area (Å²) in [5.74, 6) is 0.511. The van der Waals surface area contributed by atoms with E-state index in [0.717, 1.165) is 29.1 Å². The molecule has 2 aromatic carbocycles. The van der Waals surface area contributed by atoms with Crippen molar-refractivity contribution in [3.05, 3.63) is 71.0 Å². The summed E-state index contributed by atoms with van der Waals surface area (Å²) in [6.07, 6.45) is 0.729. The van der Waals surface area contributed by atoms with E-state index in [0.29, 0.717) is 39.5 Å². The third-order valence-corrected chi connectivity index (χ3v) is 4.11. The Kier molecular flexibility index (Phi) is 13.3. The van der Waals surface area contributed by atoms with Crippen LogP contribution in [0.2, 0.25) is 0 Å². The zero-order chi connectivity index (χ0) is 20.0. The van der Waals surface area contributed by atoms with E-state index >= 15 is 0 Å². The number of aliphatic imine (C=N–C) groups is 1. The monoisotopic (exact) mass is 515 g/mol. The highest BCUT2D eigenvalue weighted by molar-refractivity contribution is 14.0. The minimum absolute atomic E-state index is 0. The van der Waals surface area contributed by atoms with Gasteiger partial charge in [0.2, 0.25) is 0 Å². The van der Waals surface area contributed by atoms with Crippen LogP contribution in [0, 0.1) is 5.82 Å². The van der Waals surface area contributed by atoms with Crippen LogP contribution in [0.25, 0.3) is 0 Å². The molecule has 0 fully saturated rings. The van der Waals surface area contributed by atoms with Crippen molar-refractivity contribution in [2.75, 3.05) is 33.4 Å². The number of hydrogen-bond donors (Lipinski definition) is 2. The van der Waals surface area contributed by atoms with E-state index in [9.17, 15) is 4.39 Å². The molecule has 0 aliphatic carbocycles. The Balaban J connectivity index is 0.00000420. The molecule has 0 spiro atoms. The summed E-state index contributed by atoms with van der Waals surface area (Å²) < 4.78 is 24.1. The molecule has 0 saturated heterocycles. The van der Waals surface area contributed by atoms with Gasteiger partial charge in [0.15, 0.2) is 5.96 Å². The first-order chi connectivity index (χ1) is 13.7. The van der Waals surface area contributed by atoms with Gasteiger partial charge in [-0.3, -0.25) is 4.99 Å². The molecule has 0 saturated carbocycles. The largest absolute Gasteiger partial charge is 0.379 e. The second kappa shape index (κ2) is 15.2. The summed E-state index contributed by atoms with van der Waals surface area (Å²) in [6.45, 7) is 5.81. The van der Waals surface area contributed by atoms with Crippen LogP contribution >= 0.6 is 24.0 Å². The molecule has 2 rings (SSSR count). The second-order valence-corrected chi connectivity index (χ2v) is 6.30. The molecule has 2 aromatic rings. The lowest BCUT2D eigenvalue weighted by Gasteiger charge is -2.13. The average Bonchev–Trinajstić information content (AvgIpc) is 2.71. The van der Waals surface area contributed by atoms with Gasteiger partial charge in [0.25, 0.3) is 0 Å². The van der Waals surface area contributed by atoms with Crippen LogP contribution in [0.15, 0.2) is 53.5 Å². The minimum Gasteiger partial charge on any atom is -0.379 e. The summed E-state index contributed by atoms with van der Waals surface area (Å²) in [6, 6.07) is 14.9. The predicted octanol–water partition coefficient (Wildman–Crippen LogP) is 3.90. The minimum atomic E-state index is -0.207. The number of nitrogens with one attached hydrogen (secondary N) is 2. The van der Waals surface area contributed by atoms with Gasteiger partial charge in [0, 0.05) is 26.7 Å². The number of guanidine groups is 1. The van der Waals surface area contributed by atoms with Gasteiger partial charge in [-0.2, -0.15) is 0 Å². The highest BCUT2D eigenvalue weighted by Gasteiger charge is 2.01. The molecular formula is C22H31FIN3O2. The van der Waals surface area contributed by atoms with E-state index in [4.69, 9.17) is 9.47 Å². The Hall–Kier alpha value is -1.71. The first kappa shape index (κ1) is 25.3. The van der Waals surface area contributed by atoms with E-state index in [1.54, 1.807) is 19.2 Å². The molecule has 0 amide bonds. The van der Waals surface area contributed by atoms with Gasteiger partial charge in [-0.25, -0.2) is 4.39 Å². The van der Waals surface area contributed by atoms with E-state index in [-0.39, 0.29) is 29.8 Å². The highest BCUT2D eigenvalue weighted by atomic mass is 127. The van der Waals surface area contributed by atoms with Crippen LogP contribution in [-0.2, 0) is 29.0 Å².